The lowest BCUT2D eigenvalue weighted by molar-refractivity contribution is 0.113. The topological polar surface area (TPSA) is 52.6 Å². The first-order valence-corrected chi connectivity index (χ1v) is 7.59. The minimum absolute atomic E-state index is 0.0465. The van der Waals surface area contributed by atoms with Crippen molar-refractivity contribution < 1.29 is 9.90 Å². The number of hydrogen-bond donors (Lipinski definition) is 2. The van der Waals surface area contributed by atoms with E-state index in [1.165, 1.54) is 19.3 Å². The van der Waals surface area contributed by atoms with Crippen LogP contribution in [0.1, 0.15) is 46.0 Å². The standard InChI is InChI=1S/C15H28N2O2/c1-11(2)8-15(6-7-15)10-16-14(19)17(3)9-13(18)12-4-5-12/h11-13,18H,4-10H2,1-3H3,(H,16,19). The molecule has 110 valence electrons. The molecule has 4 nitrogen and oxygen atoms in total. The minimum Gasteiger partial charge on any atom is -0.391 e. The number of nitrogens with one attached hydrogen (secondary N) is 1. The Labute approximate surface area is 116 Å². The molecular weight excluding hydrogens is 240 g/mol. The second-order valence-corrected chi connectivity index (χ2v) is 7.04. The van der Waals surface area contributed by atoms with Gasteiger partial charge < -0.3 is 15.3 Å². The zero-order valence-electron chi connectivity index (χ0n) is 12.5. The Morgan fingerprint density at radius 1 is 1.42 bits per heavy atom. The fourth-order valence-corrected chi connectivity index (χ4v) is 2.89. The summed E-state index contributed by atoms with van der Waals surface area (Å²) in [5, 5.41) is 12.9. The Bertz CT molecular complexity index is 322. The van der Waals surface area contributed by atoms with Crippen molar-refractivity contribution in [3.8, 4) is 0 Å². The Morgan fingerprint density at radius 3 is 2.53 bits per heavy atom. The van der Waals surface area contributed by atoms with Gasteiger partial charge in [0.05, 0.1) is 6.10 Å². The summed E-state index contributed by atoms with van der Waals surface area (Å²) in [5.41, 5.74) is 0.361. The molecule has 0 heterocycles. The summed E-state index contributed by atoms with van der Waals surface area (Å²) in [6.45, 7) is 5.71. The van der Waals surface area contributed by atoms with Gasteiger partial charge in [0.15, 0.2) is 0 Å². The Hall–Kier alpha value is -0.770. The van der Waals surface area contributed by atoms with E-state index in [4.69, 9.17) is 0 Å². The highest BCUT2D eigenvalue weighted by molar-refractivity contribution is 5.73. The molecule has 0 radical (unpaired) electrons. The second-order valence-electron chi connectivity index (χ2n) is 7.04. The van der Waals surface area contributed by atoms with Crippen LogP contribution < -0.4 is 5.32 Å². The SMILES string of the molecule is CC(C)CC1(CNC(=O)N(C)CC(O)C2CC2)CC1. The van der Waals surface area contributed by atoms with Crippen LogP contribution in [0.15, 0.2) is 0 Å². The first-order chi connectivity index (χ1) is 8.92. The monoisotopic (exact) mass is 268 g/mol. The van der Waals surface area contributed by atoms with E-state index in [1.54, 1.807) is 11.9 Å². The average molecular weight is 268 g/mol. The summed E-state index contributed by atoms with van der Waals surface area (Å²) in [4.78, 5) is 13.6. The lowest BCUT2D eigenvalue weighted by Crippen LogP contribution is -2.43. The molecule has 2 amide bonds. The van der Waals surface area contributed by atoms with Crippen molar-refractivity contribution in [3.63, 3.8) is 0 Å². The molecule has 2 N–H and O–H groups in total. The van der Waals surface area contributed by atoms with Crippen LogP contribution in [0.25, 0.3) is 0 Å². The number of amides is 2. The molecule has 0 saturated heterocycles. The highest BCUT2D eigenvalue weighted by Crippen LogP contribution is 2.50. The summed E-state index contributed by atoms with van der Waals surface area (Å²) in [6, 6.07) is -0.0465. The molecule has 19 heavy (non-hydrogen) atoms. The van der Waals surface area contributed by atoms with Gasteiger partial charge in [0.1, 0.15) is 0 Å². The van der Waals surface area contributed by atoms with Gasteiger partial charge in [-0.3, -0.25) is 0 Å². The van der Waals surface area contributed by atoms with Crippen LogP contribution in [0, 0.1) is 17.3 Å². The number of rotatable bonds is 7. The quantitative estimate of drug-likeness (QED) is 0.744. The van der Waals surface area contributed by atoms with Gasteiger partial charge in [0.2, 0.25) is 0 Å². The maximum absolute atomic E-state index is 12.0. The number of hydrogen-bond acceptors (Lipinski definition) is 2. The summed E-state index contributed by atoms with van der Waals surface area (Å²) in [7, 11) is 1.77. The van der Waals surface area contributed by atoms with Crippen LogP contribution in [0.5, 0.6) is 0 Å². The number of urea groups is 1. The maximum Gasteiger partial charge on any atom is 0.317 e. The molecule has 0 bridgehead atoms. The smallest absolute Gasteiger partial charge is 0.317 e. The number of nitrogens with zero attached hydrogens (tertiary/aromatic N) is 1. The van der Waals surface area contributed by atoms with Crippen molar-refractivity contribution in [2.75, 3.05) is 20.1 Å². The molecule has 2 aliphatic rings. The third-order valence-corrected chi connectivity index (χ3v) is 4.39. The average Bonchev–Trinajstić information content (AvgIpc) is 3.19. The molecule has 0 spiro atoms. The van der Waals surface area contributed by atoms with Crippen LogP contribution >= 0.6 is 0 Å². The Morgan fingerprint density at radius 2 is 2.05 bits per heavy atom. The van der Waals surface area contributed by atoms with Gasteiger partial charge in [0, 0.05) is 20.1 Å². The van der Waals surface area contributed by atoms with Crippen LogP contribution in [0.2, 0.25) is 0 Å². The van der Waals surface area contributed by atoms with Gasteiger partial charge in [-0.05, 0) is 49.4 Å². The fraction of sp³-hybridized carbons (Fsp3) is 0.933. The lowest BCUT2D eigenvalue weighted by Gasteiger charge is -2.24. The van der Waals surface area contributed by atoms with Crippen LogP contribution in [0.3, 0.4) is 0 Å². The zero-order valence-corrected chi connectivity index (χ0v) is 12.5. The number of aliphatic hydroxyl groups is 1. The van der Waals surface area contributed by atoms with E-state index in [-0.39, 0.29) is 12.1 Å². The van der Waals surface area contributed by atoms with Crippen LogP contribution in [-0.4, -0.2) is 42.3 Å². The highest BCUT2D eigenvalue weighted by atomic mass is 16.3. The predicted molar refractivity (Wildman–Crippen MR) is 75.9 cm³/mol. The fourth-order valence-electron chi connectivity index (χ4n) is 2.89. The molecule has 2 aliphatic carbocycles. The zero-order chi connectivity index (χ0) is 14.0. The molecule has 4 heteroatoms. The van der Waals surface area contributed by atoms with Gasteiger partial charge in [-0.1, -0.05) is 13.8 Å². The van der Waals surface area contributed by atoms with Crippen LogP contribution in [-0.2, 0) is 0 Å². The lowest BCUT2D eigenvalue weighted by atomic mass is 9.94. The number of likely N-dealkylation sites (N-methyl/N-ethyl adjacent to an activating group) is 1. The van der Waals surface area contributed by atoms with Gasteiger partial charge in [-0.15, -0.1) is 0 Å². The van der Waals surface area contributed by atoms with E-state index in [2.05, 4.69) is 19.2 Å². The van der Waals surface area contributed by atoms with Crippen molar-refractivity contribution in [1.82, 2.24) is 10.2 Å². The maximum atomic E-state index is 12.0. The van der Waals surface area contributed by atoms with E-state index < -0.39 is 0 Å². The molecular formula is C15H28N2O2. The number of carbonyl (C=O) groups is 1. The molecule has 2 saturated carbocycles. The predicted octanol–water partition coefficient (Wildman–Crippen LogP) is 2.22. The van der Waals surface area contributed by atoms with Gasteiger partial charge in [-0.25, -0.2) is 4.79 Å². The molecule has 1 unspecified atom stereocenters. The number of aliphatic hydroxyl groups excluding tert-OH is 1. The van der Waals surface area contributed by atoms with E-state index >= 15 is 0 Å². The van der Waals surface area contributed by atoms with Gasteiger partial charge in [-0.2, -0.15) is 0 Å². The highest BCUT2D eigenvalue weighted by Gasteiger charge is 2.43. The van der Waals surface area contributed by atoms with E-state index in [0.29, 0.717) is 23.8 Å². The molecule has 2 rings (SSSR count). The number of carbonyl (C=O) groups excluding carboxylic acids is 1. The Kier molecular flexibility index (Phi) is 4.39. The summed E-state index contributed by atoms with van der Waals surface area (Å²) >= 11 is 0. The molecule has 0 aromatic rings. The van der Waals surface area contributed by atoms with Gasteiger partial charge in [0.25, 0.3) is 0 Å². The molecule has 1 atom stereocenters. The van der Waals surface area contributed by atoms with Crippen molar-refractivity contribution in [1.29, 1.82) is 0 Å². The van der Waals surface area contributed by atoms with E-state index in [0.717, 1.165) is 19.4 Å². The van der Waals surface area contributed by atoms with Crippen molar-refractivity contribution in [2.45, 2.75) is 52.1 Å². The normalized spacial score (nSPS) is 22.2. The summed E-state index contributed by atoms with van der Waals surface area (Å²) in [5.74, 6) is 1.11. The second kappa shape index (κ2) is 5.70. The van der Waals surface area contributed by atoms with Crippen molar-refractivity contribution in [2.24, 2.45) is 17.3 Å². The van der Waals surface area contributed by atoms with Crippen molar-refractivity contribution in [3.05, 3.63) is 0 Å². The van der Waals surface area contributed by atoms with Crippen LogP contribution in [0.4, 0.5) is 4.79 Å². The minimum atomic E-state index is -0.346. The molecule has 2 fully saturated rings. The molecule has 0 aromatic carbocycles. The molecule has 0 aromatic heterocycles. The third-order valence-electron chi connectivity index (χ3n) is 4.39. The van der Waals surface area contributed by atoms with E-state index in [9.17, 15) is 9.90 Å². The van der Waals surface area contributed by atoms with Crippen molar-refractivity contribution >= 4 is 6.03 Å². The summed E-state index contributed by atoms with van der Waals surface area (Å²) in [6.07, 6.45) is 5.53. The molecule has 0 aliphatic heterocycles. The first-order valence-electron chi connectivity index (χ1n) is 7.59. The van der Waals surface area contributed by atoms with E-state index in [1.807, 2.05) is 0 Å². The third kappa shape index (κ3) is 4.37. The van der Waals surface area contributed by atoms with Gasteiger partial charge >= 0.3 is 6.03 Å². The summed E-state index contributed by atoms with van der Waals surface area (Å²) < 4.78 is 0. The first kappa shape index (κ1) is 14.6. The largest absolute Gasteiger partial charge is 0.391 e. The Balaban J connectivity index is 1.68.